The Hall–Kier alpha value is -3.04. The van der Waals surface area contributed by atoms with E-state index in [0.29, 0.717) is 33.7 Å². The van der Waals surface area contributed by atoms with Gasteiger partial charge < -0.3 is 15.2 Å². The largest absolute Gasteiger partial charge is 0.573 e. The fourth-order valence-electron chi connectivity index (χ4n) is 2.47. The molecule has 0 amide bonds. The molecule has 0 saturated heterocycles. The third-order valence-electron chi connectivity index (χ3n) is 3.62. The van der Waals surface area contributed by atoms with Crippen LogP contribution in [-0.4, -0.2) is 28.8 Å². The first-order chi connectivity index (χ1) is 11.8. The lowest BCUT2D eigenvalue weighted by molar-refractivity contribution is -0.274. The molecule has 3 aromatic rings. The molecule has 0 saturated carbocycles. The van der Waals surface area contributed by atoms with Crippen molar-refractivity contribution in [1.29, 1.82) is 0 Å². The number of hydrogen-bond acceptors (Lipinski definition) is 7. The molecule has 2 aromatic heterocycles. The average Bonchev–Trinajstić information content (AvgIpc) is 2.99. The summed E-state index contributed by atoms with van der Waals surface area (Å²) >= 11 is 0. The Balaban J connectivity index is 1.98. The Labute approximate surface area is 139 Å². The van der Waals surface area contributed by atoms with Gasteiger partial charge in [0.15, 0.2) is 5.52 Å². The number of anilines is 1. The topological polar surface area (TPSA) is 96.3 Å². The number of benzene rings is 1. The summed E-state index contributed by atoms with van der Waals surface area (Å²) < 4.78 is 50.7. The van der Waals surface area contributed by atoms with E-state index in [1.54, 1.807) is 6.92 Å². The first-order valence-corrected chi connectivity index (χ1v) is 7.08. The maximum absolute atomic E-state index is 12.3. The molecule has 0 aliphatic carbocycles. The summed E-state index contributed by atoms with van der Waals surface area (Å²) in [6, 6.07) is 3.85. The number of methoxy groups -OCH3 is 1. The number of rotatable bonds is 4. The van der Waals surface area contributed by atoms with Crippen LogP contribution in [0.15, 0.2) is 22.8 Å². The molecule has 0 spiro atoms. The van der Waals surface area contributed by atoms with Crippen molar-refractivity contribution in [3.63, 3.8) is 0 Å². The van der Waals surface area contributed by atoms with Crippen molar-refractivity contribution in [3.8, 4) is 11.5 Å². The minimum absolute atomic E-state index is 0.235. The van der Waals surface area contributed by atoms with Gasteiger partial charge in [0.1, 0.15) is 11.5 Å². The van der Waals surface area contributed by atoms with Crippen molar-refractivity contribution in [1.82, 2.24) is 15.3 Å². The van der Waals surface area contributed by atoms with E-state index in [2.05, 4.69) is 24.7 Å². The van der Waals surface area contributed by atoms with Gasteiger partial charge in [-0.3, -0.25) is 0 Å². The van der Waals surface area contributed by atoms with Crippen LogP contribution in [0.1, 0.15) is 16.8 Å². The number of nitrogens with two attached hydrogens (primary N) is 1. The molecule has 3 rings (SSSR count). The minimum atomic E-state index is -4.78. The SMILES string of the molecule is COc1cc(OC(F)(F)F)ccc1Cc1c(C)nc2nonc2c1N. The standard InChI is InChI=1S/C15H13F3N4O3/c1-7-10(12(19)13-14(20-7)22-25-21-13)5-8-3-4-9(6-11(8)23-2)24-15(16,17)18/h3-4,6H,5,19H2,1-2H3. The Kier molecular flexibility index (Phi) is 4.11. The zero-order valence-corrected chi connectivity index (χ0v) is 13.2. The average molecular weight is 354 g/mol. The summed E-state index contributed by atoms with van der Waals surface area (Å²) in [6.45, 7) is 1.74. The molecular weight excluding hydrogens is 341 g/mol. The van der Waals surface area contributed by atoms with Gasteiger partial charge in [-0.25, -0.2) is 9.61 Å². The molecule has 10 heteroatoms. The molecule has 0 unspecified atom stereocenters. The highest BCUT2D eigenvalue weighted by Gasteiger charge is 2.31. The predicted molar refractivity (Wildman–Crippen MR) is 81.2 cm³/mol. The van der Waals surface area contributed by atoms with Crippen molar-refractivity contribution < 1.29 is 27.3 Å². The van der Waals surface area contributed by atoms with E-state index in [9.17, 15) is 13.2 Å². The first-order valence-electron chi connectivity index (χ1n) is 7.08. The van der Waals surface area contributed by atoms with Gasteiger partial charge in [-0.2, -0.15) is 0 Å². The van der Waals surface area contributed by atoms with E-state index in [1.807, 2.05) is 0 Å². The maximum Gasteiger partial charge on any atom is 0.573 e. The molecule has 1 aromatic carbocycles. The third kappa shape index (κ3) is 3.42. The summed E-state index contributed by atoms with van der Waals surface area (Å²) in [5.41, 5.74) is 8.95. The van der Waals surface area contributed by atoms with Crippen LogP contribution in [0.4, 0.5) is 18.9 Å². The first kappa shape index (κ1) is 16.8. The summed E-state index contributed by atoms with van der Waals surface area (Å²) in [5, 5.41) is 7.35. The van der Waals surface area contributed by atoms with Crippen LogP contribution in [0.2, 0.25) is 0 Å². The molecule has 25 heavy (non-hydrogen) atoms. The zero-order valence-electron chi connectivity index (χ0n) is 13.2. The Morgan fingerprint density at radius 3 is 2.68 bits per heavy atom. The number of pyridine rings is 1. The van der Waals surface area contributed by atoms with Gasteiger partial charge in [0, 0.05) is 23.7 Å². The normalized spacial score (nSPS) is 11.7. The highest BCUT2D eigenvalue weighted by atomic mass is 19.4. The zero-order chi connectivity index (χ0) is 18.2. The van der Waals surface area contributed by atoms with Crippen molar-refractivity contribution in [2.24, 2.45) is 0 Å². The van der Waals surface area contributed by atoms with Gasteiger partial charge in [0.25, 0.3) is 0 Å². The third-order valence-corrected chi connectivity index (χ3v) is 3.62. The molecule has 0 fully saturated rings. The number of nitrogens with zero attached hydrogens (tertiary/aromatic N) is 3. The van der Waals surface area contributed by atoms with Crippen LogP contribution in [-0.2, 0) is 6.42 Å². The van der Waals surface area contributed by atoms with E-state index in [1.165, 1.54) is 19.2 Å². The Morgan fingerprint density at radius 1 is 1.24 bits per heavy atom. The van der Waals surface area contributed by atoms with Crippen LogP contribution >= 0.6 is 0 Å². The van der Waals surface area contributed by atoms with Crippen LogP contribution in [0.3, 0.4) is 0 Å². The summed E-state index contributed by atoms with van der Waals surface area (Å²) in [7, 11) is 1.36. The van der Waals surface area contributed by atoms with Gasteiger partial charge >= 0.3 is 6.36 Å². The number of hydrogen-bond donors (Lipinski definition) is 1. The molecular formula is C15H13F3N4O3. The lowest BCUT2D eigenvalue weighted by atomic mass is 10.0. The number of fused-ring (bicyclic) bond motifs is 1. The van der Waals surface area contributed by atoms with Crippen LogP contribution in [0.25, 0.3) is 11.2 Å². The van der Waals surface area contributed by atoms with Gasteiger partial charge in [-0.05, 0) is 28.9 Å². The quantitative estimate of drug-likeness (QED) is 0.769. The molecule has 0 aliphatic heterocycles. The summed E-state index contributed by atoms with van der Waals surface area (Å²) in [4.78, 5) is 4.25. The van der Waals surface area contributed by atoms with Crippen molar-refractivity contribution in [2.75, 3.05) is 12.8 Å². The van der Waals surface area contributed by atoms with Crippen molar-refractivity contribution in [2.45, 2.75) is 19.7 Å². The molecule has 0 aliphatic rings. The highest BCUT2D eigenvalue weighted by molar-refractivity contribution is 5.85. The van der Waals surface area contributed by atoms with Crippen LogP contribution in [0.5, 0.6) is 11.5 Å². The summed E-state index contributed by atoms with van der Waals surface area (Å²) in [5.74, 6) is -0.133. The number of aromatic nitrogens is 3. The molecule has 2 N–H and O–H groups in total. The molecule has 2 heterocycles. The maximum atomic E-state index is 12.3. The molecule has 7 nitrogen and oxygen atoms in total. The second-order valence-electron chi connectivity index (χ2n) is 5.22. The lowest BCUT2D eigenvalue weighted by Crippen LogP contribution is -2.17. The van der Waals surface area contributed by atoms with Crippen LogP contribution in [0, 0.1) is 6.92 Å². The Morgan fingerprint density at radius 2 is 2.00 bits per heavy atom. The number of alkyl halides is 3. The van der Waals surface area contributed by atoms with E-state index in [-0.39, 0.29) is 17.9 Å². The van der Waals surface area contributed by atoms with E-state index >= 15 is 0 Å². The lowest BCUT2D eigenvalue weighted by Gasteiger charge is -2.14. The Bertz CT molecular complexity index is 924. The second-order valence-corrected chi connectivity index (χ2v) is 5.22. The number of nitrogen functional groups attached to an aromatic ring is 1. The predicted octanol–water partition coefficient (Wildman–Crippen LogP) is 3.01. The van der Waals surface area contributed by atoms with Gasteiger partial charge in [0.2, 0.25) is 5.65 Å². The summed E-state index contributed by atoms with van der Waals surface area (Å²) in [6.07, 6.45) is -4.49. The number of aryl methyl sites for hydroxylation is 1. The van der Waals surface area contributed by atoms with Crippen molar-refractivity contribution >= 4 is 16.9 Å². The monoisotopic (exact) mass is 354 g/mol. The number of halogens is 3. The van der Waals surface area contributed by atoms with E-state index in [4.69, 9.17) is 10.5 Å². The second kappa shape index (κ2) is 6.11. The van der Waals surface area contributed by atoms with Gasteiger partial charge in [-0.15, -0.1) is 13.2 Å². The van der Waals surface area contributed by atoms with Gasteiger partial charge in [-0.1, -0.05) is 6.07 Å². The fraction of sp³-hybridized carbons (Fsp3) is 0.267. The van der Waals surface area contributed by atoms with Crippen molar-refractivity contribution in [3.05, 3.63) is 35.0 Å². The number of ether oxygens (including phenoxy) is 2. The van der Waals surface area contributed by atoms with E-state index in [0.717, 1.165) is 6.07 Å². The smallest absolute Gasteiger partial charge is 0.496 e. The molecule has 0 radical (unpaired) electrons. The molecule has 0 bridgehead atoms. The minimum Gasteiger partial charge on any atom is -0.496 e. The van der Waals surface area contributed by atoms with Crippen LogP contribution < -0.4 is 15.2 Å². The highest BCUT2D eigenvalue weighted by Crippen LogP contribution is 2.32. The fourth-order valence-corrected chi connectivity index (χ4v) is 2.47. The molecule has 0 atom stereocenters. The van der Waals surface area contributed by atoms with E-state index < -0.39 is 6.36 Å². The molecule has 132 valence electrons. The van der Waals surface area contributed by atoms with Gasteiger partial charge in [0.05, 0.1) is 12.8 Å².